The maximum atomic E-state index is 13.0. The van der Waals surface area contributed by atoms with Gasteiger partial charge in [0, 0.05) is 25.2 Å². The molecule has 0 aromatic carbocycles. The molecule has 148 valence electrons. The van der Waals surface area contributed by atoms with Crippen LogP contribution in [0.1, 0.15) is 73.9 Å². The summed E-state index contributed by atoms with van der Waals surface area (Å²) in [6.45, 7) is 3.23. The van der Waals surface area contributed by atoms with Gasteiger partial charge in [0.2, 0.25) is 0 Å². The Bertz CT molecular complexity index is 642. The van der Waals surface area contributed by atoms with Gasteiger partial charge in [-0.2, -0.15) is 0 Å². The third kappa shape index (κ3) is 3.57. The zero-order valence-corrected chi connectivity index (χ0v) is 17.2. The lowest BCUT2D eigenvalue weighted by atomic mass is 9.69. The first-order valence-electron chi connectivity index (χ1n) is 11.2. The molecule has 5 rings (SSSR count). The van der Waals surface area contributed by atoms with Gasteiger partial charge in [0.25, 0.3) is 5.91 Å². The van der Waals surface area contributed by atoms with Gasteiger partial charge in [-0.3, -0.25) is 14.7 Å². The number of carbonyl (C=O) groups excluding carboxylic acids is 1. The first-order valence-corrected chi connectivity index (χ1v) is 12.1. The van der Waals surface area contributed by atoms with E-state index in [1.165, 1.54) is 82.1 Å². The molecule has 4 atom stereocenters. The van der Waals surface area contributed by atoms with Crippen molar-refractivity contribution >= 4 is 17.2 Å². The molecule has 1 aliphatic carbocycles. The number of thiazole rings is 1. The molecule has 0 radical (unpaired) electrons. The molecule has 4 nitrogen and oxygen atoms in total. The van der Waals surface area contributed by atoms with Crippen molar-refractivity contribution < 1.29 is 4.79 Å². The van der Waals surface area contributed by atoms with Crippen LogP contribution in [0.25, 0.3) is 0 Å². The summed E-state index contributed by atoms with van der Waals surface area (Å²) in [5.41, 5.74) is 1.78. The summed E-state index contributed by atoms with van der Waals surface area (Å²) in [6, 6.07) is 1.44. The minimum atomic E-state index is 0.230. The summed E-state index contributed by atoms with van der Waals surface area (Å²) >= 11 is 1.49. The van der Waals surface area contributed by atoms with Gasteiger partial charge in [0.1, 0.15) is 4.88 Å². The Balaban J connectivity index is 1.36. The van der Waals surface area contributed by atoms with Gasteiger partial charge in [-0.15, -0.1) is 11.3 Å². The number of nitrogens with zero attached hydrogens (tertiary/aromatic N) is 3. The van der Waals surface area contributed by atoms with E-state index in [0.717, 1.165) is 29.9 Å². The fourth-order valence-corrected chi connectivity index (χ4v) is 7.23. The van der Waals surface area contributed by atoms with Gasteiger partial charge in [-0.25, -0.2) is 0 Å². The zero-order valence-electron chi connectivity index (χ0n) is 16.4. The second-order valence-electron chi connectivity index (χ2n) is 9.44. The van der Waals surface area contributed by atoms with E-state index < -0.39 is 0 Å². The fourth-order valence-electron chi connectivity index (χ4n) is 6.64. The van der Waals surface area contributed by atoms with Crippen molar-refractivity contribution in [1.82, 2.24) is 14.8 Å². The molecule has 1 saturated carbocycles. The number of hydrogen-bond donors (Lipinski definition) is 0. The lowest BCUT2D eigenvalue weighted by Crippen LogP contribution is -2.64. The number of piperidine rings is 3. The van der Waals surface area contributed by atoms with Crippen LogP contribution in [0.3, 0.4) is 0 Å². The van der Waals surface area contributed by atoms with E-state index in [1.54, 1.807) is 11.7 Å². The van der Waals surface area contributed by atoms with Crippen molar-refractivity contribution in [2.75, 3.05) is 19.6 Å². The van der Waals surface area contributed by atoms with Crippen LogP contribution in [0.5, 0.6) is 0 Å². The SMILES string of the molecule is O=C(c1cncs1)N1C[C@H]2C[C@@H](C1)[C@H](CC1CCCCC1)N1CCCC[C@@H]21. The molecule has 1 aromatic heterocycles. The van der Waals surface area contributed by atoms with Crippen LogP contribution in [0, 0.1) is 17.8 Å². The third-order valence-electron chi connectivity index (χ3n) is 7.85. The summed E-state index contributed by atoms with van der Waals surface area (Å²) < 4.78 is 0. The smallest absolute Gasteiger partial charge is 0.265 e. The Hall–Kier alpha value is -0.940. The summed E-state index contributed by atoms with van der Waals surface area (Å²) in [4.78, 5) is 23.1. The van der Waals surface area contributed by atoms with E-state index in [0.29, 0.717) is 17.9 Å². The summed E-state index contributed by atoms with van der Waals surface area (Å²) in [6.07, 6.45) is 15.8. The van der Waals surface area contributed by atoms with E-state index in [4.69, 9.17) is 0 Å². The Kier molecular flexibility index (Phi) is 5.25. The van der Waals surface area contributed by atoms with Crippen molar-refractivity contribution in [1.29, 1.82) is 0 Å². The number of likely N-dealkylation sites (tertiary alicyclic amines) is 1. The van der Waals surface area contributed by atoms with Crippen molar-refractivity contribution in [2.24, 2.45) is 17.8 Å². The topological polar surface area (TPSA) is 36.4 Å². The normalized spacial score (nSPS) is 35.0. The van der Waals surface area contributed by atoms with Crippen molar-refractivity contribution in [3.63, 3.8) is 0 Å². The molecule has 4 aliphatic rings. The highest BCUT2D eigenvalue weighted by Gasteiger charge is 2.48. The van der Waals surface area contributed by atoms with E-state index in [1.807, 2.05) is 0 Å². The number of hydrogen-bond acceptors (Lipinski definition) is 4. The van der Waals surface area contributed by atoms with Crippen LogP contribution < -0.4 is 0 Å². The molecular formula is C22H33N3OS. The lowest BCUT2D eigenvalue weighted by Gasteiger charge is -2.57. The first-order chi connectivity index (χ1) is 13.3. The Morgan fingerprint density at radius 3 is 2.70 bits per heavy atom. The third-order valence-corrected chi connectivity index (χ3v) is 8.61. The molecule has 5 heteroatoms. The number of carbonyl (C=O) groups is 1. The van der Waals surface area contributed by atoms with Crippen LogP contribution >= 0.6 is 11.3 Å². The number of fused-ring (bicyclic) bond motifs is 4. The van der Waals surface area contributed by atoms with Gasteiger partial charge in [0.15, 0.2) is 0 Å². The molecule has 0 unspecified atom stereocenters. The van der Waals surface area contributed by atoms with Gasteiger partial charge in [-0.1, -0.05) is 38.5 Å². The van der Waals surface area contributed by atoms with Crippen molar-refractivity contribution in [3.05, 3.63) is 16.6 Å². The monoisotopic (exact) mass is 387 g/mol. The maximum Gasteiger partial charge on any atom is 0.265 e. The Morgan fingerprint density at radius 1 is 1.07 bits per heavy atom. The highest BCUT2D eigenvalue weighted by Crippen LogP contribution is 2.44. The molecule has 4 fully saturated rings. The van der Waals surface area contributed by atoms with Crippen LogP contribution in [0.2, 0.25) is 0 Å². The molecule has 1 amide bonds. The standard InChI is InChI=1S/C22H33N3OS/c26-22(21-12-23-15-27-21)24-13-17-11-18(14-24)20(10-16-6-2-1-3-7-16)25-9-5-4-8-19(17)25/h12,15-20H,1-11,13-14H2/t17-,18+,19+,20+/m1/s1. The van der Waals surface area contributed by atoms with Crippen LogP contribution in [-0.2, 0) is 0 Å². The number of rotatable bonds is 3. The molecule has 0 spiro atoms. The molecule has 3 saturated heterocycles. The lowest BCUT2D eigenvalue weighted by molar-refractivity contribution is -0.0724. The molecular weight excluding hydrogens is 354 g/mol. The van der Waals surface area contributed by atoms with Crippen LogP contribution in [0.15, 0.2) is 11.7 Å². The molecule has 3 aliphatic heterocycles. The highest BCUT2D eigenvalue weighted by molar-refractivity contribution is 7.11. The first kappa shape index (κ1) is 18.1. The summed E-state index contributed by atoms with van der Waals surface area (Å²) in [5.74, 6) is 2.52. The predicted molar refractivity (Wildman–Crippen MR) is 109 cm³/mol. The molecule has 27 heavy (non-hydrogen) atoms. The molecule has 2 bridgehead atoms. The van der Waals surface area contributed by atoms with Crippen molar-refractivity contribution in [2.45, 2.75) is 76.3 Å². The molecule has 0 N–H and O–H groups in total. The van der Waals surface area contributed by atoms with Gasteiger partial charge in [0.05, 0.1) is 11.7 Å². The summed E-state index contributed by atoms with van der Waals surface area (Å²) in [5, 5.41) is 0. The largest absolute Gasteiger partial charge is 0.337 e. The second kappa shape index (κ2) is 7.82. The van der Waals surface area contributed by atoms with Crippen molar-refractivity contribution in [3.8, 4) is 0 Å². The second-order valence-corrected chi connectivity index (χ2v) is 10.3. The fraction of sp³-hybridized carbons (Fsp3) is 0.818. The summed E-state index contributed by atoms with van der Waals surface area (Å²) in [7, 11) is 0. The minimum absolute atomic E-state index is 0.230. The average Bonchev–Trinajstić information content (AvgIpc) is 3.26. The van der Waals surface area contributed by atoms with Gasteiger partial charge in [-0.05, 0) is 50.0 Å². The Morgan fingerprint density at radius 2 is 1.89 bits per heavy atom. The van der Waals surface area contributed by atoms with Gasteiger partial charge < -0.3 is 4.90 Å². The van der Waals surface area contributed by atoms with E-state index >= 15 is 0 Å². The van der Waals surface area contributed by atoms with Crippen LogP contribution in [-0.4, -0.2) is 52.4 Å². The average molecular weight is 388 g/mol. The van der Waals surface area contributed by atoms with E-state index in [9.17, 15) is 4.79 Å². The highest BCUT2D eigenvalue weighted by atomic mass is 32.1. The number of amides is 1. The minimum Gasteiger partial charge on any atom is -0.337 e. The number of aromatic nitrogens is 1. The molecule has 1 aromatic rings. The van der Waals surface area contributed by atoms with Crippen LogP contribution in [0.4, 0.5) is 0 Å². The van der Waals surface area contributed by atoms with Gasteiger partial charge >= 0.3 is 0 Å². The Labute approximate surface area is 167 Å². The molecule has 4 heterocycles. The maximum absolute atomic E-state index is 13.0. The predicted octanol–water partition coefficient (Wildman–Crippen LogP) is 4.43. The quantitative estimate of drug-likeness (QED) is 0.770. The van der Waals surface area contributed by atoms with E-state index in [2.05, 4.69) is 14.8 Å². The van der Waals surface area contributed by atoms with E-state index in [-0.39, 0.29) is 5.91 Å². The zero-order chi connectivity index (χ0) is 18.2.